The largest absolute Gasteiger partial charge is 0.445 e. The van der Waals surface area contributed by atoms with E-state index in [1.165, 1.54) is 4.90 Å². The fraction of sp³-hybridized carbons (Fsp3) is 0.364. The number of ketones is 1. The zero-order valence-corrected chi connectivity index (χ0v) is 16.6. The molecule has 166 valence electrons. The van der Waals surface area contributed by atoms with Crippen LogP contribution < -0.4 is 5.32 Å². The summed E-state index contributed by atoms with van der Waals surface area (Å²) >= 11 is 0. The highest BCUT2D eigenvalue weighted by atomic mass is 19.4. The lowest BCUT2D eigenvalue weighted by Crippen LogP contribution is -2.49. The third kappa shape index (κ3) is 6.27. The highest BCUT2D eigenvalue weighted by Crippen LogP contribution is 2.32. The predicted octanol–water partition coefficient (Wildman–Crippen LogP) is 4.42. The van der Waals surface area contributed by atoms with Gasteiger partial charge in [-0.05, 0) is 36.6 Å². The lowest BCUT2D eigenvalue weighted by molar-refractivity contribution is -0.140. The lowest BCUT2D eigenvalue weighted by atomic mass is 10.0. The molecule has 1 amide bonds. The molecule has 31 heavy (non-hydrogen) atoms. The van der Waals surface area contributed by atoms with E-state index in [1.54, 1.807) is 0 Å². The van der Waals surface area contributed by atoms with Crippen molar-refractivity contribution in [2.24, 2.45) is 0 Å². The Morgan fingerprint density at radius 1 is 1.13 bits per heavy atom. The third-order valence-electron chi connectivity index (χ3n) is 5.03. The quantitative estimate of drug-likeness (QED) is 0.536. The summed E-state index contributed by atoms with van der Waals surface area (Å²) in [5.41, 5.74) is -0.829. The number of nitrogens with one attached hydrogen (secondary N) is 1. The molecule has 1 fully saturated rings. The van der Waals surface area contributed by atoms with Gasteiger partial charge in [0.2, 0.25) is 0 Å². The van der Waals surface area contributed by atoms with Crippen LogP contribution in [0.3, 0.4) is 0 Å². The molecule has 1 aliphatic heterocycles. The molecule has 1 saturated heterocycles. The van der Waals surface area contributed by atoms with E-state index in [0.717, 1.165) is 11.6 Å². The molecule has 0 bridgehead atoms. The SMILES string of the molecule is O=C(CNC1CCCN(C(=O)OCc2ccccc2)C1)c1ccc(F)c(C(F)(F)F)c1. The number of hydrogen-bond donors (Lipinski definition) is 1. The summed E-state index contributed by atoms with van der Waals surface area (Å²) in [4.78, 5) is 26.1. The number of nitrogens with zero attached hydrogens (tertiary/aromatic N) is 1. The van der Waals surface area contributed by atoms with Gasteiger partial charge in [0.1, 0.15) is 12.4 Å². The highest BCUT2D eigenvalue weighted by molar-refractivity contribution is 5.97. The molecule has 0 radical (unpaired) electrons. The van der Waals surface area contributed by atoms with Crippen molar-refractivity contribution in [3.8, 4) is 0 Å². The van der Waals surface area contributed by atoms with E-state index >= 15 is 0 Å². The molecule has 1 unspecified atom stereocenters. The molecule has 2 aromatic carbocycles. The van der Waals surface area contributed by atoms with Crippen molar-refractivity contribution in [3.63, 3.8) is 0 Å². The predicted molar refractivity (Wildman–Crippen MR) is 105 cm³/mol. The first-order valence-corrected chi connectivity index (χ1v) is 9.83. The summed E-state index contributed by atoms with van der Waals surface area (Å²) in [7, 11) is 0. The van der Waals surface area contributed by atoms with Crippen molar-refractivity contribution in [1.29, 1.82) is 0 Å². The Hall–Kier alpha value is -2.94. The summed E-state index contributed by atoms with van der Waals surface area (Å²) in [5, 5.41) is 2.98. The number of alkyl halides is 3. The van der Waals surface area contributed by atoms with Gasteiger partial charge in [-0.2, -0.15) is 13.2 Å². The van der Waals surface area contributed by atoms with Crippen LogP contribution in [0.1, 0.15) is 34.3 Å². The van der Waals surface area contributed by atoms with Crippen molar-refractivity contribution >= 4 is 11.9 Å². The number of benzene rings is 2. The Bertz CT molecular complexity index is 919. The first-order chi connectivity index (χ1) is 14.7. The van der Waals surface area contributed by atoms with Gasteiger partial charge in [-0.1, -0.05) is 30.3 Å². The first kappa shape index (κ1) is 22.7. The van der Waals surface area contributed by atoms with Gasteiger partial charge in [-0.25, -0.2) is 9.18 Å². The molecule has 1 atom stereocenters. The minimum Gasteiger partial charge on any atom is -0.445 e. The zero-order valence-electron chi connectivity index (χ0n) is 16.6. The summed E-state index contributed by atoms with van der Waals surface area (Å²) < 4.78 is 57.2. The van der Waals surface area contributed by atoms with Crippen LogP contribution in [0, 0.1) is 5.82 Å². The first-order valence-electron chi connectivity index (χ1n) is 9.83. The minimum absolute atomic E-state index is 0.152. The fourth-order valence-corrected chi connectivity index (χ4v) is 3.38. The molecular formula is C22H22F4N2O3. The van der Waals surface area contributed by atoms with Gasteiger partial charge >= 0.3 is 12.3 Å². The molecule has 1 heterocycles. The van der Waals surface area contributed by atoms with E-state index < -0.39 is 29.4 Å². The van der Waals surface area contributed by atoms with Gasteiger partial charge < -0.3 is 15.0 Å². The molecule has 0 aliphatic carbocycles. The van der Waals surface area contributed by atoms with Crippen LogP contribution in [0.5, 0.6) is 0 Å². The third-order valence-corrected chi connectivity index (χ3v) is 5.03. The number of hydrogen-bond acceptors (Lipinski definition) is 4. The van der Waals surface area contributed by atoms with Crippen LogP contribution in [0.4, 0.5) is 22.4 Å². The zero-order chi connectivity index (χ0) is 22.4. The summed E-state index contributed by atoms with van der Waals surface area (Å²) in [5.74, 6) is -2.01. The van der Waals surface area contributed by atoms with E-state index in [9.17, 15) is 27.2 Å². The number of ether oxygens (including phenoxy) is 1. The maximum Gasteiger partial charge on any atom is 0.419 e. The molecule has 1 N–H and O–H groups in total. The second kappa shape index (κ2) is 9.91. The van der Waals surface area contributed by atoms with E-state index in [4.69, 9.17) is 4.74 Å². The fourth-order valence-electron chi connectivity index (χ4n) is 3.38. The van der Waals surface area contributed by atoms with Crippen molar-refractivity contribution in [1.82, 2.24) is 10.2 Å². The van der Waals surface area contributed by atoms with Crippen LogP contribution in [0.2, 0.25) is 0 Å². The van der Waals surface area contributed by atoms with Gasteiger partial charge in [0, 0.05) is 24.7 Å². The Morgan fingerprint density at radius 3 is 2.58 bits per heavy atom. The van der Waals surface area contributed by atoms with Gasteiger partial charge in [0.25, 0.3) is 0 Å². The molecule has 9 heteroatoms. The number of likely N-dealkylation sites (tertiary alicyclic amines) is 1. The molecule has 3 rings (SSSR count). The monoisotopic (exact) mass is 438 g/mol. The average molecular weight is 438 g/mol. The van der Waals surface area contributed by atoms with Crippen molar-refractivity contribution < 1.29 is 31.9 Å². The molecule has 0 spiro atoms. The van der Waals surface area contributed by atoms with E-state index in [0.29, 0.717) is 38.1 Å². The van der Waals surface area contributed by atoms with Crippen LogP contribution >= 0.6 is 0 Å². The van der Waals surface area contributed by atoms with Crippen LogP contribution in [0.15, 0.2) is 48.5 Å². The maximum absolute atomic E-state index is 13.4. The maximum atomic E-state index is 13.4. The van der Waals surface area contributed by atoms with Crippen molar-refractivity contribution in [3.05, 3.63) is 71.0 Å². The molecule has 0 aromatic heterocycles. The summed E-state index contributed by atoms with van der Waals surface area (Å²) in [6, 6.07) is 11.2. The number of halogens is 4. The van der Waals surface area contributed by atoms with Gasteiger partial charge in [0.15, 0.2) is 5.78 Å². The van der Waals surface area contributed by atoms with Crippen molar-refractivity contribution in [2.45, 2.75) is 31.7 Å². The van der Waals surface area contributed by atoms with E-state index in [-0.39, 0.29) is 24.8 Å². The molecule has 0 saturated carbocycles. The molecule has 5 nitrogen and oxygen atoms in total. The summed E-state index contributed by atoms with van der Waals surface area (Å²) in [6.07, 6.45) is -3.94. The Labute approximate surface area is 177 Å². The minimum atomic E-state index is -4.88. The van der Waals surface area contributed by atoms with Crippen LogP contribution in [0.25, 0.3) is 0 Å². The topological polar surface area (TPSA) is 58.6 Å². The number of carbonyl (C=O) groups excluding carboxylic acids is 2. The van der Waals surface area contributed by atoms with Gasteiger partial charge in [-0.15, -0.1) is 0 Å². The second-order valence-electron chi connectivity index (χ2n) is 7.32. The number of carbonyl (C=O) groups is 2. The van der Waals surface area contributed by atoms with Gasteiger partial charge in [-0.3, -0.25) is 4.79 Å². The normalized spacial score (nSPS) is 16.8. The smallest absolute Gasteiger partial charge is 0.419 e. The number of piperidine rings is 1. The van der Waals surface area contributed by atoms with Crippen LogP contribution in [-0.4, -0.2) is 42.5 Å². The number of Topliss-reactive ketones (excluding diaryl/α,β-unsaturated/α-hetero) is 1. The average Bonchev–Trinajstić information content (AvgIpc) is 2.76. The lowest BCUT2D eigenvalue weighted by Gasteiger charge is -2.32. The Balaban J connectivity index is 1.51. The van der Waals surface area contributed by atoms with Crippen molar-refractivity contribution in [2.75, 3.05) is 19.6 Å². The molecule has 1 aliphatic rings. The van der Waals surface area contributed by atoms with E-state index in [2.05, 4.69) is 5.32 Å². The number of rotatable bonds is 6. The second-order valence-corrected chi connectivity index (χ2v) is 7.32. The Morgan fingerprint density at radius 2 is 1.87 bits per heavy atom. The molecular weight excluding hydrogens is 416 g/mol. The summed E-state index contributed by atoms with van der Waals surface area (Å²) in [6.45, 7) is 0.768. The van der Waals surface area contributed by atoms with Crippen LogP contribution in [-0.2, 0) is 17.5 Å². The number of amides is 1. The molecule has 2 aromatic rings. The standard InChI is InChI=1S/C22H22F4N2O3/c23-19-9-8-16(11-18(19)22(24,25)26)20(29)12-27-17-7-4-10-28(13-17)21(30)31-14-15-5-2-1-3-6-15/h1-3,5-6,8-9,11,17,27H,4,7,10,12-14H2. The Kier molecular flexibility index (Phi) is 7.27. The van der Waals surface area contributed by atoms with E-state index in [1.807, 2.05) is 30.3 Å². The highest BCUT2D eigenvalue weighted by Gasteiger charge is 2.34. The van der Waals surface area contributed by atoms with Gasteiger partial charge in [0.05, 0.1) is 12.1 Å².